The van der Waals surface area contributed by atoms with Gasteiger partial charge in [0.1, 0.15) is 0 Å². The van der Waals surface area contributed by atoms with Crippen LogP contribution in [0.2, 0.25) is 0 Å². The fourth-order valence-corrected chi connectivity index (χ4v) is 3.06. The van der Waals surface area contributed by atoms with Gasteiger partial charge in [-0.2, -0.15) is 8.78 Å². The fourth-order valence-electron chi connectivity index (χ4n) is 3.06. The summed E-state index contributed by atoms with van der Waals surface area (Å²) in [6.07, 6.45) is -0.0991. The van der Waals surface area contributed by atoms with E-state index in [1.54, 1.807) is 6.07 Å². The van der Waals surface area contributed by atoms with Gasteiger partial charge in [0.25, 0.3) is 5.91 Å². The minimum atomic E-state index is -4.27. The Morgan fingerprint density at radius 3 is 2.72 bits per heavy atom. The van der Waals surface area contributed by atoms with Crippen molar-refractivity contribution in [2.75, 3.05) is 12.3 Å². The quantitative estimate of drug-likeness (QED) is 0.529. The SMILES string of the molecule is Cl.Nc1ccc2c(c1)CCCC2NC(=O)c1ccc(OCC(F)(F)C(F)F)nc1. The van der Waals surface area contributed by atoms with E-state index in [1.807, 2.05) is 12.1 Å². The summed E-state index contributed by atoms with van der Waals surface area (Å²) >= 11 is 0. The van der Waals surface area contributed by atoms with E-state index >= 15 is 0 Å². The molecule has 0 radical (unpaired) electrons. The molecule has 29 heavy (non-hydrogen) atoms. The topological polar surface area (TPSA) is 77.2 Å². The maximum absolute atomic E-state index is 12.9. The van der Waals surface area contributed by atoms with Crippen LogP contribution in [0.4, 0.5) is 23.2 Å². The Labute approximate surface area is 171 Å². The zero-order valence-electron chi connectivity index (χ0n) is 15.2. The monoisotopic (exact) mass is 433 g/mol. The number of aryl methyl sites for hydroxylation is 1. The molecule has 1 aromatic carbocycles. The molecule has 1 aliphatic rings. The number of anilines is 1. The van der Waals surface area contributed by atoms with Crippen LogP contribution in [0.1, 0.15) is 40.4 Å². The molecule has 3 N–H and O–H groups in total. The van der Waals surface area contributed by atoms with Crippen molar-refractivity contribution in [3.05, 3.63) is 53.2 Å². The summed E-state index contributed by atoms with van der Waals surface area (Å²) in [5, 5.41) is 2.92. The molecule has 158 valence electrons. The Morgan fingerprint density at radius 2 is 2.07 bits per heavy atom. The molecule has 0 saturated carbocycles. The van der Waals surface area contributed by atoms with Gasteiger partial charge in [-0.25, -0.2) is 13.8 Å². The molecule has 0 saturated heterocycles. The number of halogens is 5. The number of nitrogens with one attached hydrogen (secondary N) is 1. The van der Waals surface area contributed by atoms with Crippen molar-refractivity contribution in [3.63, 3.8) is 0 Å². The number of carbonyl (C=O) groups excluding carboxylic acids is 1. The van der Waals surface area contributed by atoms with Crippen LogP contribution in [-0.2, 0) is 6.42 Å². The molecular weight excluding hydrogens is 414 g/mol. The minimum absolute atomic E-state index is 0. The summed E-state index contributed by atoms with van der Waals surface area (Å²) in [7, 11) is 0. The number of alkyl halides is 4. The first kappa shape index (κ1) is 22.7. The highest BCUT2D eigenvalue weighted by Crippen LogP contribution is 2.31. The van der Waals surface area contributed by atoms with E-state index in [2.05, 4.69) is 15.0 Å². The van der Waals surface area contributed by atoms with Gasteiger partial charge in [0, 0.05) is 18.0 Å². The lowest BCUT2D eigenvalue weighted by Gasteiger charge is -2.26. The van der Waals surface area contributed by atoms with Gasteiger partial charge in [-0.3, -0.25) is 4.79 Å². The number of amides is 1. The van der Waals surface area contributed by atoms with Gasteiger partial charge in [0.15, 0.2) is 6.61 Å². The van der Waals surface area contributed by atoms with Crippen molar-refractivity contribution >= 4 is 24.0 Å². The van der Waals surface area contributed by atoms with Crippen molar-refractivity contribution < 1.29 is 27.1 Å². The Bertz CT molecular complexity index is 850. The number of carbonyl (C=O) groups is 1. The smallest absolute Gasteiger partial charge is 0.340 e. The van der Waals surface area contributed by atoms with Crippen LogP contribution in [0.15, 0.2) is 36.5 Å². The molecule has 0 bridgehead atoms. The van der Waals surface area contributed by atoms with Crippen LogP contribution < -0.4 is 15.8 Å². The number of hydrogen-bond acceptors (Lipinski definition) is 4. The number of ether oxygens (including phenoxy) is 1. The number of benzene rings is 1. The predicted octanol–water partition coefficient (Wildman–Crippen LogP) is 4.17. The van der Waals surface area contributed by atoms with Crippen molar-refractivity contribution in [2.24, 2.45) is 0 Å². The van der Waals surface area contributed by atoms with Gasteiger partial charge in [0.05, 0.1) is 11.6 Å². The van der Waals surface area contributed by atoms with Gasteiger partial charge < -0.3 is 15.8 Å². The third-order valence-corrected chi connectivity index (χ3v) is 4.52. The Hall–Kier alpha value is -2.55. The molecule has 0 aliphatic heterocycles. The summed E-state index contributed by atoms with van der Waals surface area (Å²) in [6, 6.07) is 7.93. The van der Waals surface area contributed by atoms with E-state index in [1.165, 1.54) is 12.1 Å². The Morgan fingerprint density at radius 1 is 1.31 bits per heavy atom. The van der Waals surface area contributed by atoms with Crippen LogP contribution in [0.3, 0.4) is 0 Å². The molecule has 10 heteroatoms. The predicted molar refractivity (Wildman–Crippen MR) is 102 cm³/mol. The van der Waals surface area contributed by atoms with E-state index in [4.69, 9.17) is 5.73 Å². The zero-order chi connectivity index (χ0) is 20.3. The molecule has 0 fully saturated rings. The second-order valence-electron chi connectivity index (χ2n) is 6.61. The van der Waals surface area contributed by atoms with Crippen LogP contribution in [0, 0.1) is 0 Å². The van der Waals surface area contributed by atoms with Crippen LogP contribution in [0.25, 0.3) is 0 Å². The molecule has 1 atom stereocenters. The third-order valence-electron chi connectivity index (χ3n) is 4.52. The number of nitrogens with two attached hydrogens (primary N) is 1. The second-order valence-corrected chi connectivity index (χ2v) is 6.61. The van der Waals surface area contributed by atoms with E-state index < -0.39 is 19.0 Å². The van der Waals surface area contributed by atoms with Crippen LogP contribution in [0.5, 0.6) is 5.88 Å². The number of aromatic nitrogens is 1. The van der Waals surface area contributed by atoms with Crippen molar-refractivity contribution in [1.82, 2.24) is 10.3 Å². The highest BCUT2D eigenvalue weighted by Gasteiger charge is 2.41. The molecule has 2 aromatic rings. The normalized spacial score (nSPS) is 16.0. The molecule has 1 aliphatic carbocycles. The number of pyridine rings is 1. The summed E-state index contributed by atoms with van der Waals surface area (Å²) in [5.74, 6) is -4.92. The lowest BCUT2D eigenvalue weighted by molar-refractivity contribution is -0.148. The lowest BCUT2D eigenvalue weighted by atomic mass is 9.87. The molecule has 1 heterocycles. The molecule has 3 rings (SSSR count). The zero-order valence-corrected chi connectivity index (χ0v) is 16.0. The first-order valence-corrected chi connectivity index (χ1v) is 8.70. The second kappa shape index (κ2) is 9.30. The van der Waals surface area contributed by atoms with Gasteiger partial charge >= 0.3 is 12.3 Å². The van der Waals surface area contributed by atoms with Crippen LogP contribution >= 0.6 is 12.4 Å². The maximum Gasteiger partial charge on any atom is 0.340 e. The molecule has 0 spiro atoms. The highest BCUT2D eigenvalue weighted by molar-refractivity contribution is 5.94. The molecule has 1 aromatic heterocycles. The average Bonchev–Trinajstić information content (AvgIpc) is 2.66. The van der Waals surface area contributed by atoms with Gasteiger partial charge in [-0.1, -0.05) is 6.07 Å². The maximum atomic E-state index is 12.9. The van der Waals surface area contributed by atoms with Gasteiger partial charge in [-0.15, -0.1) is 12.4 Å². The lowest BCUT2D eigenvalue weighted by Crippen LogP contribution is -2.34. The number of nitrogens with zero attached hydrogens (tertiary/aromatic N) is 1. The number of rotatable bonds is 6. The molecule has 1 amide bonds. The number of nitrogen functional groups attached to an aromatic ring is 1. The molecule has 5 nitrogen and oxygen atoms in total. The first-order valence-electron chi connectivity index (χ1n) is 8.70. The van der Waals surface area contributed by atoms with Crippen LogP contribution in [-0.4, -0.2) is 29.8 Å². The van der Waals surface area contributed by atoms with E-state index in [-0.39, 0.29) is 35.8 Å². The summed E-state index contributed by atoms with van der Waals surface area (Å²) in [4.78, 5) is 16.2. The van der Waals surface area contributed by atoms with E-state index in [9.17, 15) is 22.4 Å². The summed E-state index contributed by atoms with van der Waals surface area (Å²) < 4.78 is 54.6. The standard InChI is InChI=1S/C19H19F4N3O2.ClH/c20-18(21)19(22,23)10-28-16-7-4-12(9-25-16)17(27)26-15-3-1-2-11-8-13(24)5-6-14(11)15;/h4-9,15,18H,1-3,10,24H2,(H,26,27);1H. The largest absolute Gasteiger partial charge is 0.471 e. The minimum Gasteiger partial charge on any atom is -0.471 e. The van der Waals surface area contributed by atoms with E-state index in [0.717, 1.165) is 36.6 Å². The molecular formula is C19H20ClF4N3O2. The third kappa shape index (κ3) is 5.50. The average molecular weight is 434 g/mol. The number of fused-ring (bicyclic) bond motifs is 1. The van der Waals surface area contributed by atoms with Crippen molar-refractivity contribution in [1.29, 1.82) is 0 Å². The Balaban J connectivity index is 0.00000300. The highest BCUT2D eigenvalue weighted by atomic mass is 35.5. The number of hydrogen-bond donors (Lipinski definition) is 2. The van der Waals surface area contributed by atoms with Gasteiger partial charge in [0.2, 0.25) is 5.88 Å². The summed E-state index contributed by atoms with van der Waals surface area (Å²) in [5.41, 5.74) is 8.79. The van der Waals surface area contributed by atoms with E-state index in [0.29, 0.717) is 5.69 Å². The summed E-state index contributed by atoms with van der Waals surface area (Å²) in [6.45, 7) is -1.49. The first-order chi connectivity index (χ1) is 13.3. The van der Waals surface area contributed by atoms with Crippen molar-refractivity contribution in [3.8, 4) is 5.88 Å². The fraction of sp³-hybridized carbons (Fsp3) is 0.368. The Kier molecular flexibility index (Phi) is 7.29. The van der Waals surface area contributed by atoms with Gasteiger partial charge in [-0.05, 0) is 48.6 Å². The molecule has 1 unspecified atom stereocenters. The van der Waals surface area contributed by atoms with Crippen molar-refractivity contribution in [2.45, 2.75) is 37.7 Å².